The molecule has 0 heterocycles. The molecule has 0 aliphatic carbocycles. The van der Waals surface area contributed by atoms with Crippen LogP contribution in [-0.4, -0.2) is 0 Å². The Balaban J connectivity index is 2.66. The number of hydrogen-bond acceptors (Lipinski definition) is 0. The van der Waals surface area contributed by atoms with Crippen LogP contribution in [-0.2, 0) is 6.42 Å². The van der Waals surface area contributed by atoms with Crippen LogP contribution in [0, 0.1) is 18.3 Å². The quantitative estimate of drug-likeness (QED) is 0.611. The van der Waals surface area contributed by atoms with Crippen molar-refractivity contribution < 1.29 is 0 Å². The van der Waals surface area contributed by atoms with E-state index in [1.54, 1.807) is 0 Å². The summed E-state index contributed by atoms with van der Waals surface area (Å²) in [6, 6.07) is 7.80. The molecule has 1 unspecified atom stereocenters. The van der Waals surface area contributed by atoms with Gasteiger partial charge in [0, 0.05) is 10.9 Å². The third-order valence-electron chi connectivity index (χ3n) is 1.74. The Labute approximate surface area is 78.6 Å². The maximum atomic E-state index is 5.74. The summed E-state index contributed by atoms with van der Waals surface area (Å²) < 4.78 is 0. The molecule has 1 rings (SSSR count). The normalized spacial score (nSPS) is 12.1. The number of halogens is 1. The molecule has 1 aromatic rings. The van der Waals surface area contributed by atoms with E-state index in [0.717, 1.165) is 11.4 Å². The van der Waals surface area contributed by atoms with Crippen molar-refractivity contribution in [3.05, 3.63) is 34.9 Å². The molecule has 1 atom stereocenters. The van der Waals surface area contributed by atoms with Crippen LogP contribution in [0.4, 0.5) is 0 Å². The van der Waals surface area contributed by atoms with Crippen LogP contribution in [0.2, 0.25) is 5.02 Å². The Hall–Kier alpha value is -0.930. The molecule has 1 heteroatoms. The van der Waals surface area contributed by atoms with E-state index in [2.05, 4.69) is 5.92 Å². The van der Waals surface area contributed by atoms with Gasteiger partial charge in [0.15, 0.2) is 0 Å². The van der Waals surface area contributed by atoms with Crippen molar-refractivity contribution in [2.45, 2.75) is 13.3 Å². The van der Waals surface area contributed by atoms with E-state index in [9.17, 15) is 0 Å². The van der Waals surface area contributed by atoms with Crippen LogP contribution in [0.3, 0.4) is 0 Å². The van der Waals surface area contributed by atoms with Gasteiger partial charge in [0.2, 0.25) is 0 Å². The molecule has 62 valence electrons. The van der Waals surface area contributed by atoms with Crippen molar-refractivity contribution in [2.75, 3.05) is 0 Å². The second-order valence-electron chi connectivity index (χ2n) is 2.90. The van der Waals surface area contributed by atoms with Crippen molar-refractivity contribution in [1.29, 1.82) is 0 Å². The molecular formula is C11H11Cl. The van der Waals surface area contributed by atoms with Crippen molar-refractivity contribution in [1.82, 2.24) is 0 Å². The summed E-state index contributed by atoms with van der Waals surface area (Å²) >= 11 is 5.74. The molecule has 0 aliphatic rings. The minimum Gasteiger partial charge on any atom is -0.120 e. The molecular weight excluding hydrogens is 168 g/mol. The number of terminal acetylenes is 1. The standard InChI is InChI=1S/C11H11Cl/c1-3-9(2)8-10-4-6-11(12)7-5-10/h1,4-7,9H,8H2,2H3. The summed E-state index contributed by atoms with van der Waals surface area (Å²) in [5.74, 6) is 2.99. The number of benzene rings is 1. The average molecular weight is 179 g/mol. The zero-order valence-corrected chi connectivity index (χ0v) is 7.81. The fourth-order valence-corrected chi connectivity index (χ4v) is 1.16. The highest BCUT2D eigenvalue weighted by Crippen LogP contribution is 2.12. The third-order valence-corrected chi connectivity index (χ3v) is 1.99. The van der Waals surface area contributed by atoms with Gasteiger partial charge in [-0.1, -0.05) is 30.7 Å². The maximum Gasteiger partial charge on any atom is 0.0406 e. The van der Waals surface area contributed by atoms with Gasteiger partial charge < -0.3 is 0 Å². The van der Waals surface area contributed by atoms with Crippen LogP contribution in [0.15, 0.2) is 24.3 Å². The van der Waals surface area contributed by atoms with E-state index in [0.29, 0.717) is 5.92 Å². The van der Waals surface area contributed by atoms with Gasteiger partial charge in [-0.3, -0.25) is 0 Å². The van der Waals surface area contributed by atoms with E-state index < -0.39 is 0 Å². The van der Waals surface area contributed by atoms with Gasteiger partial charge in [0.25, 0.3) is 0 Å². The summed E-state index contributed by atoms with van der Waals surface area (Å²) in [4.78, 5) is 0. The van der Waals surface area contributed by atoms with E-state index in [-0.39, 0.29) is 0 Å². The topological polar surface area (TPSA) is 0 Å². The number of rotatable bonds is 2. The Bertz CT molecular complexity index is 279. The first-order valence-electron chi connectivity index (χ1n) is 3.93. The molecule has 0 radical (unpaired) electrons. The molecule has 0 amide bonds. The van der Waals surface area contributed by atoms with Crippen LogP contribution < -0.4 is 0 Å². The average Bonchev–Trinajstić information content (AvgIpc) is 2.09. The molecule has 0 N–H and O–H groups in total. The summed E-state index contributed by atoms with van der Waals surface area (Å²) in [5, 5.41) is 0.770. The minimum absolute atomic E-state index is 0.297. The summed E-state index contributed by atoms with van der Waals surface area (Å²) in [6.45, 7) is 2.04. The van der Waals surface area contributed by atoms with E-state index in [1.165, 1.54) is 5.56 Å². The molecule has 12 heavy (non-hydrogen) atoms. The summed E-state index contributed by atoms with van der Waals surface area (Å²) in [5.41, 5.74) is 1.24. The zero-order valence-electron chi connectivity index (χ0n) is 7.05. The first kappa shape index (κ1) is 9.16. The second-order valence-corrected chi connectivity index (χ2v) is 3.33. The van der Waals surface area contributed by atoms with Crippen molar-refractivity contribution in [3.63, 3.8) is 0 Å². The highest BCUT2D eigenvalue weighted by atomic mass is 35.5. The first-order valence-corrected chi connectivity index (χ1v) is 4.30. The van der Waals surface area contributed by atoms with Crippen LogP contribution in [0.5, 0.6) is 0 Å². The molecule has 1 aromatic carbocycles. The Morgan fingerprint density at radius 3 is 2.50 bits per heavy atom. The summed E-state index contributed by atoms with van der Waals surface area (Å²) in [6.07, 6.45) is 6.20. The molecule has 0 fully saturated rings. The second kappa shape index (κ2) is 4.18. The Kier molecular flexibility index (Phi) is 3.19. The lowest BCUT2D eigenvalue weighted by Crippen LogP contribution is -1.95. The maximum absolute atomic E-state index is 5.74. The summed E-state index contributed by atoms with van der Waals surface area (Å²) in [7, 11) is 0. The fraction of sp³-hybridized carbons (Fsp3) is 0.273. The van der Waals surface area contributed by atoms with Crippen LogP contribution in [0.25, 0.3) is 0 Å². The van der Waals surface area contributed by atoms with Gasteiger partial charge in [-0.25, -0.2) is 0 Å². The fourth-order valence-electron chi connectivity index (χ4n) is 1.03. The molecule has 0 spiro atoms. The van der Waals surface area contributed by atoms with Crippen LogP contribution in [0.1, 0.15) is 12.5 Å². The highest BCUT2D eigenvalue weighted by molar-refractivity contribution is 6.30. The zero-order chi connectivity index (χ0) is 8.97. The van der Waals surface area contributed by atoms with E-state index >= 15 is 0 Å². The van der Waals surface area contributed by atoms with Gasteiger partial charge in [0.05, 0.1) is 0 Å². The van der Waals surface area contributed by atoms with Gasteiger partial charge in [0.1, 0.15) is 0 Å². The smallest absolute Gasteiger partial charge is 0.0406 e. The van der Waals surface area contributed by atoms with E-state index in [4.69, 9.17) is 18.0 Å². The Morgan fingerprint density at radius 1 is 1.42 bits per heavy atom. The van der Waals surface area contributed by atoms with Crippen molar-refractivity contribution in [3.8, 4) is 12.3 Å². The lowest BCUT2D eigenvalue weighted by molar-refractivity contribution is 0.751. The van der Waals surface area contributed by atoms with Gasteiger partial charge in [-0.15, -0.1) is 12.3 Å². The molecule has 0 aliphatic heterocycles. The predicted octanol–water partition coefficient (Wildman–Crippen LogP) is 3.15. The van der Waals surface area contributed by atoms with Gasteiger partial charge >= 0.3 is 0 Å². The molecule has 0 bridgehead atoms. The first-order chi connectivity index (χ1) is 5.72. The van der Waals surface area contributed by atoms with E-state index in [1.807, 2.05) is 31.2 Å². The largest absolute Gasteiger partial charge is 0.120 e. The van der Waals surface area contributed by atoms with Crippen molar-refractivity contribution in [2.24, 2.45) is 5.92 Å². The molecule has 0 nitrogen and oxygen atoms in total. The third kappa shape index (κ3) is 2.60. The van der Waals surface area contributed by atoms with Gasteiger partial charge in [-0.2, -0.15) is 0 Å². The number of hydrogen-bond donors (Lipinski definition) is 0. The monoisotopic (exact) mass is 178 g/mol. The lowest BCUT2D eigenvalue weighted by Gasteiger charge is -2.03. The van der Waals surface area contributed by atoms with Crippen molar-refractivity contribution >= 4 is 11.6 Å². The lowest BCUT2D eigenvalue weighted by atomic mass is 10.0. The van der Waals surface area contributed by atoms with Gasteiger partial charge in [-0.05, 0) is 24.1 Å². The molecule has 0 saturated carbocycles. The predicted molar refractivity (Wildman–Crippen MR) is 53.2 cm³/mol. The SMILES string of the molecule is C#CC(C)Cc1ccc(Cl)cc1. The molecule has 0 aromatic heterocycles. The minimum atomic E-state index is 0.297. The Morgan fingerprint density at radius 2 is 2.00 bits per heavy atom. The molecule has 0 saturated heterocycles. The highest BCUT2D eigenvalue weighted by Gasteiger charge is 1.98. The van der Waals surface area contributed by atoms with Crippen LogP contribution >= 0.6 is 11.6 Å².